The Morgan fingerprint density at radius 3 is 2.61 bits per heavy atom. The van der Waals surface area contributed by atoms with E-state index in [4.69, 9.17) is 4.74 Å². The third-order valence-electron chi connectivity index (χ3n) is 4.84. The van der Waals surface area contributed by atoms with Crippen LogP contribution in [0.25, 0.3) is 0 Å². The van der Waals surface area contributed by atoms with E-state index >= 15 is 0 Å². The van der Waals surface area contributed by atoms with Gasteiger partial charge in [-0.05, 0) is 43.6 Å². The van der Waals surface area contributed by atoms with Gasteiger partial charge in [-0.3, -0.25) is 9.78 Å². The van der Waals surface area contributed by atoms with Crippen LogP contribution in [-0.2, 0) is 9.53 Å². The van der Waals surface area contributed by atoms with Crippen molar-refractivity contribution in [2.24, 2.45) is 0 Å². The first-order valence-electron chi connectivity index (χ1n) is 8.84. The van der Waals surface area contributed by atoms with Crippen LogP contribution < -0.4 is 0 Å². The van der Waals surface area contributed by atoms with Crippen molar-refractivity contribution >= 4 is 5.91 Å². The predicted octanol–water partition coefficient (Wildman–Crippen LogP) is 2.25. The maximum absolute atomic E-state index is 12.5. The lowest BCUT2D eigenvalue weighted by Crippen LogP contribution is -2.43. The molecule has 5 nitrogen and oxygen atoms in total. The van der Waals surface area contributed by atoms with Crippen LogP contribution in [0.1, 0.15) is 43.8 Å². The van der Waals surface area contributed by atoms with Crippen molar-refractivity contribution in [2.75, 3.05) is 39.3 Å². The van der Waals surface area contributed by atoms with E-state index in [1.165, 1.54) is 25.7 Å². The molecule has 0 saturated carbocycles. The number of hydrogen-bond acceptors (Lipinski definition) is 4. The summed E-state index contributed by atoms with van der Waals surface area (Å²) in [5, 5.41) is 0. The summed E-state index contributed by atoms with van der Waals surface area (Å²) in [6.07, 6.45) is 9.38. The lowest BCUT2D eigenvalue weighted by Gasteiger charge is -2.33. The molecule has 23 heavy (non-hydrogen) atoms. The average Bonchev–Trinajstić information content (AvgIpc) is 2.89. The minimum atomic E-state index is -0.0195. The molecule has 3 rings (SSSR count). The molecular weight excluding hydrogens is 290 g/mol. The molecule has 0 radical (unpaired) electrons. The highest BCUT2D eigenvalue weighted by Crippen LogP contribution is 2.22. The molecule has 2 fully saturated rings. The fourth-order valence-electron chi connectivity index (χ4n) is 3.43. The zero-order valence-corrected chi connectivity index (χ0v) is 13.8. The molecule has 1 aromatic heterocycles. The molecule has 2 saturated heterocycles. The van der Waals surface area contributed by atoms with Gasteiger partial charge in [-0.1, -0.05) is 12.8 Å². The summed E-state index contributed by atoms with van der Waals surface area (Å²) in [6, 6.07) is 3.94. The maximum atomic E-state index is 12.5. The molecule has 1 aromatic rings. The normalized spacial score (nSPS) is 23.5. The van der Waals surface area contributed by atoms with Crippen LogP contribution in [0.2, 0.25) is 0 Å². The van der Waals surface area contributed by atoms with E-state index in [9.17, 15) is 4.79 Å². The second kappa shape index (κ2) is 8.41. The van der Waals surface area contributed by atoms with Crippen molar-refractivity contribution in [3.8, 4) is 0 Å². The summed E-state index contributed by atoms with van der Waals surface area (Å²) in [6.45, 7) is 5.17. The Bertz CT molecular complexity index is 486. The van der Waals surface area contributed by atoms with E-state index in [0.29, 0.717) is 26.1 Å². The third-order valence-corrected chi connectivity index (χ3v) is 4.84. The summed E-state index contributed by atoms with van der Waals surface area (Å²) in [5.74, 6) is 0.261. The van der Waals surface area contributed by atoms with E-state index < -0.39 is 0 Å². The highest BCUT2D eigenvalue weighted by atomic mass is 16.5. The number of hydrogen-bond donors (Lipinski definition) is 0. The molecule has 0 spiro atoms. The average molecular weight is 317 g/mol. The van der Waals surface area contributed by atoms with Gasteiger partial charge in [0.05, 0.1) is 13.2 Å². The first-order chi connectivity index (χ1) is 11.3. The predicted molar refractivity (Wildman–Crippen MR) is 89.0 cm³/mol. The zero-order chi connectivity index (χ0) is 15.9. The molecule has 126 valence electrons. The minimum absolute atomic E-state index is 0.0195. The second-order valence-corrected chi connectivity index (χ2v) is 6.49. The van der Waals surface area contributed by atoms with Crippen molar-refractivity contribution in [1.82, 2.24) is 14.8 Å². The van der Waals surface area contributed by atoms with E-state index in [-0.39, 0.29) is 12.0 Å². The number of carbonyl (C=O) groups is 1. The summed E-state index contributed by atoms with van der Waals surface area (Å²) < 4.78 is 5.82. The standard InChI is InChI=1S/C18H27N3O2/c22-18(7-12-20-10-3-1-2-4-11-20)21-13-14-23-17(15-21)16-5-8-19-9-6-16/h5-6,8-9,17H,1-4,7,10-15H2/t17-/m1/s1. The van der Waals surface area contributed by atoms with Gasteiger partial charge in [0, 0.05) is 31.9 Å². The van der Waals surface area contributed by atoms with Gasteiger partial charge in [0.2, 0.25) is 5.91 Å². The molecule has 5 heteroatoms. The monoisotopic (exact) mass is 317 g/mol. The third kappa shape index (κ3) is 4.75. The summed E-state index contributed by atoms with van der Waals surface area (Å²) in [7, 11) is 0. The van der Waals surface area contributed by atoms with E-state index in [2.05, 4.69) is 9.88 Å². The first kappa shape index (κ1) is 16.4. The lowest BCUT2D eigenvalue weighted by atomic mass is 10.1. The van der Waals surface area contributed by atoms with Crippen molar-refractivity contribution in [3.63, 3.8) is 0 Å². The Morgan fingerprint density at radius 1 is 1.13 bits per heavy atom. The number of aromatic nitrogens is 1. The summed E-state index contributed by atoms with van der Waals surface area (Å²) >= 11 is 0. The molecular formula is C18H27N3O2. The Balaban J connectivity index is 1.49. The SMILES string of the molecule is O=C(CCN1CCCCCC1)N1CCO[C@@H](c2ccncc2)C1. The minimum Gasteiger partial charge on any atom is -0.370 e. The van der Waals surface area contributed by atoms with Crippen molar-refractivity contribution in [1.29, 1.82) is 0 Å². The molecule has 2 aliphatic heterocycles. The van der Waals surface area contributed by atoms with Gasteiger partial charge in [0.25, 0.3) is 0 Å². The highest BCUT2D eigenvalue weighted by molar-refractivity contribution is 5.76. The Morgan fingerprint density at radius 2 is 1.87 bits per heavy atom. The molecule has 0 unspecified atom stereocenters. The van der Waals surface area contributed by atoms with Gasteiger partial charge in [-0.2, -0.15) is 0 Å². The van der Waals surface area contributed by atoms with Gasteiger partial charge in [0.1, 0.15) is 6.10 Å². The largest absolute Gasteiger partial charge is 0.370 e. The molecule has 0 aromatic carbocycles. The van der Waals surface area contributed by atoms with E-state index in [1.54, 1.807) is 12.4 Å². The van der Waals surface area contributed by atoms with Crippen LogP contribution in [0.5, 0.6) is 0 Å². The number of morpholine rings is 1. The lowest BCUT2D eigenvalue weighted by molar-refractivity contribution is -0.139. The van der Waals surface area contributed by atoms with E-state index in [1.807, 2.05) is 17.0 Å². The number of likely N-dealkylation sites (tertiary alicyclic amines) is 1. The van der Waals surface area contributed by atoms with Gasteiger partial charge >= 0.3 is 0 Å². The van der Waals surface area contributed by atoms with E-state index in [0.717, 1.165) is 25.2 Å². The van der Waals surface area contributed by atoms with Crippen molar-refractivity contribution in [2.45, 2.75) is 38.2 Å². The Labute approximate surface area is 138 Å². The van der Waals surface area contributed by atoms with Crippen LogP contribution >= 0.6 is 0 Å². The number of pyridine rings is 1. The first-order valence-corrected chi connectivity index (χ1v) is 8.84. The molecule has 2 aliphatic rings. The Hall–Kier alpha value is -1.46. The van der Waals surface area contributed by atoms with Crippen LogP contribution in [0.4, 0.5) is 0 Å². The fourth-order valence-corrected chi connectivity index (χ4v) is 3.43. The van der Waals surface area contributed by atoms with Crippen LogP contribution in [0.3, 0.4) is 0 Å². The van der Waals surface area contributed by atoms with Crippen LogP contribution in [0.15, 0.2) is 24.5 Å². The molecule has 3 heterocycles. The number of amides is 1. The quantitative estimate of drug-likeness (QED) is 0.854. The maximum Gasteiger partial charge on any atom is 0.224 e. The molecule has 1 amide bonds. The van der Waals surface area contributed by atoms with Crippen LogP contribution in [0, 0.1) is 0 Å². The summed E-state index contributed by atoms with van der Waals surface area (Å²) in [5.41, 5.74) is 1.10. The fraction of sp³-hybridized carbons (Fsp3) is 0.667. The van der Waals surface area contributed by atoms with Gasteiger partial charge < -0.3 is 14.5 Å². The van der Waals surface area contributed by atoms with Crippen molar-refractivity contribution in [3.05, 3.63) is 30.1 Å². The highest BCUT2D eigenvalue weighted by Gasteiger charge is 2.25. The number of rotatable bonds is 4. The molecule has 0 bridgehead atoms. The van der Waals surface area contributed by atoms with Crippen molar-refractivity contribution < 1.29 is 9.53 Å². The van der Waals surface area contributed by atoms with Crippen LogP contribution in [-0.4, -0.2) is 60.0 Å². The summed E-state index contributed by atoms with van der Waals surface area (Å²) in [4.78, 5) is 21.0. The van der Waals surface area contributed by atoms with Gasteiger partial charge in [0.15, 0.2) is 0 Å². The smallest absolute Gasteiger partial charge is 0.224 e. The molecule has 0 aliphatic carbocycles. The van der Waals surface area contributed by atoms with Gasteiger partial charge in [-0.25, -0.2) is 0 Å². The molecule has 1 atom stereocenters. The second-order valence-electron chi connectivity index (χ2n) is 6.49. The topological polar surface area (TPSA) is 45.7 Å². The number of ether oxygens (including phenoxy) is 1. The Kier molecular flexibility index (Phi) is 6.00. The zero-order valence-electron chi connectivity index (χ0n) is 13.8. The number of carbonyl (C=O) groups excluding carboxylic acids is 1. The van der Waals surface area contributed by atoms with Gasteiger partial charge in [-0.15, -0.1) is 0 Å². The number of nitrogens with zero attached hydrogens (tertiary/aromatic N) is 3. The molecule has 0 N–H and O–H groups in total.